The lowest BCUT2D eigenvalue weighted by molar-refractivity contribution is 0.0983. The molecule has 1 amide bonds. The lowest BCUT2D eigenvalue weighted by Gasteiger charge is -2.21. The van der Waals surface area contributed by atoms with Gasteiger partial charge in [0.1, 0.15) is 5.69 Å². The molecule has 1 heterocycles. The van der Waals surface area contributed by atoms with Crippen molar-refractivity contribution in [1.82, 2.24) is 9.97 Å². The number of anilines is 2. The molecule has 1 N–H and O–H groups in total. The second kappa shape index (κ2) is 6.13. The highest BCUT2D eigenvalue weighted by Gasteiger charge is 2.23. The number of carbonyl (C=O) groups is 1. The first-order valence-electron chi connectivity index (χ1n) is 7.65. The van der Waals surface area contributed by atoms with E-state index in [1.54, 1.807) is 17.2 Å². The molecule has 1 fully saturated rings. The molecule has 0 radical (unpaired) electrons. The number of hydrogen-bond donors (Lipinski definition) is 1. The second-order valence-corrected chi connectivity index (χ2v) is 5.57. The Kier molecular flexibility index (Phi) is 4.04. The summed E-state index contributed by atoms with van der Waals surface area (Å²) in [6.07, 6.45) is 3.92. The standard InChI is InChI=1S/C17H20N4O/c1-3-21(14-6-4-5-12(2)11-14)16(22)15-9-10-18-17(20-15)19-13-7-8-13/h4-6,9-11,13H,3,7-8H2,1-2H3,(H,18,19,20). The molecule has 22 heavy (non-hydrogen) atoms. The fraction of sp³-hybridized carbons (Fsp3) is 0.353. The summed E-state index contributed by atoms with van der Waals surface area (Å²) in [5.41, 5.74) is 2.44. The SMILES string of the molecule is CCN(C(=O)c1ccnc(NC2CC2)n1)c1cccc(C)c1. The smallest absolute Gasteiger partial charge is 0.277 e. The topological polar surface area (TPSA) is 58.1 Å². The third-order valence-corrected chi connectivity index (χ3v) is 3.66. The molecule has 5 nitrogen and oxygen atoms in total. The summed E-state index contributed by atoms with van der Waals surface area (Å²) in [6, 6.07) is 10.1. The number of amides is 1. The maximum absolute atomic E-state index is 12.7. The molecule has 2 aromatic rings. The van der Waals surface area contributed by atoms with Gasteiger partial charge in [-0.15, -0.1) is 0 Å². The van der Waals surface area contributed by atoms with Gasteiger partial charge in [0.15, 0.2) is 0 Å². The summed E-state index contributed by atoms with van der Waals surface area (Å²) in [6.45, 7) is 4.58. The summed E-state index contributed by atoms with van der Waals surface area (Å²) in [5, 5.41) is 3.22. The first kappa shape index (κ1) is 14.5. The van der Waals surface area contributed by atoms with Gasteiger partial charge in [-0.3, -0.25) is 4.79 Å². The van der Waals surface area contributed by atoms with Crippen LogP contribution in [0.25, 0.3) is 0 Å². The zero-order valence-electron chi connectivity index (χ0n) is 12.9. The quantitative estimate of drug-likeness (QED) is 0.921. The van der Waals surface area contributed by atoms with Gasteiger partial charge in [0.25, 0.3) is 5.91 Å². The number of nitrogens with zero attached hydrogens (tertiary/aromatic N) is 3. The number of aryl methyl sites for hydroxylation is 1. The number of rotatable bonds is 5. The predicted octanol–water partition coefficient (Wildman–Crippen LogP) is 3.03. The summed E-state index contributed by atoms with van der Waals surface area (Å²) in [5.74, 6) is 0.433. The van der Waals surface area contributed by atoms with Crippen LogP contribution in [0.1, 0.15) is 35.8 Å². The number of benzene rings is 1. The van der Waals surface area contributed by atoms with E-state index in [0.717, 1.165) is 24.1 Å². The average molecular weight is 296 g/mol. The Morgan fingerprint density at radius 2 is 2.18 bits per heavy atom. The highest BCUT2D eigenvalue weighted by Crippen LogP contribution is 2.23. The van der Waals surface area contributed by atoms with Gasteiger partial charge in [-0.05, 0) is 50.5 Å². The van der Waals surface area contributed by atoms with Crippen LogP contribution in [0.2, 0.25) is 0 Å². The summed E-state index contributed by atoms with van der Waals surface area (Å²) >= 11 is 0. The van der Waals surface area contributed by atoms with Crippen molar-refractivity contribution < 1.29 is 4.79 Å². The Hall–Kier alpha value is -2.43. The Bertz CT molecular complexity index is 682. The van der Waals surface area contributed by atoms with Crippen molar-refractivity contribution in [3.8, 4) is 0 Å². The molecule has 0 atom stereocenters. The van der Waals surface area contributed by atoms with E-state index < -0.39 is 0 Å². The van der Waals surface area contributed by atoms with Gasteiger partial charge in [0.2, 0.25) is 5.95 Å². The minimum atomic E-state index is -0.102. The number of hydrogen-bond acceptors (Lipinski definition) is 4. The monoisotopic (exact) mass is 296 g/mol. The van der Waals surface area contributed by atoms with Crippen molar-refractivity contribution in [3.63, 3.8) is 0 Å². The third kappa shape index (κ3) is 3.24. The van der Waals surface area contributed by atoms with Crippen LogP contribution < -0.4 is 10.2 Å². The van der Waals surface area contributed by atoms with Crippen molar-refractivity contribution in [3.05, 3.63) is 47.8 Å². The molecule has 1 aromatic carbocycles. The van der Waals surface area contributed by atoms with Crippen molar-refractivity contribution in [1.29, 1.82) is 0 Å². The second-order valence-electron chi connectivity index (χ2n) is 5.57. The maximum atomic E-state index is 12.7. The van der Waals surface area contributed by atoms with Crippen LogP contribution in [0.3, 0.4) is 0 Å². The molecule has 1 aromatic heterocycles. The third-order valence-electron chi connectivity index (χ3n) is 3.66. The van der Waals surface area contributed by atoms with Crippen molar-refractivity contribution in [2.75, 3.05) is 16.8 Å². The van der Waals surface area contributed by atoms with Crippen LogP contribution in [0.4, 0.5) is 11.6 Å². The van der Waals surface area contributed by atoms with Crippen molar-refractivity contribution in [2.24, 2.45) is 0 Å². The largest absolute Gasteiger partial charge is 0.351 e. The first-order valence-corrected chi connectivity index (χ1v) is 7.65. The van der Waals surface area contributed by atoms with E-state index in [4.69, 9.17) is 0 Å². The Balaban J connectivity index is 1.84. The van der Waals surface area contributed by atoms with E-state index in [1.807, 2.05) is 38.1 Å². The van der Waals surface area contributed by atoms with E-state index in [1.165, 1.54) is 0 Å². The van der Waals surface area contributed by atoms with Crippen LogP contribution in [0.5, 0.6) is 0 Å². The number of nitrogens with one attached hydrogen (secondary N) is 1. The Morgan fingerprint density at radius 1 is 1.36 bits per heavy atom. The predicted molar refractivity (Wildman–Crippen MR) is 87.2 cm³/mol. The van der Waals surface area contributed by atoms with Crippen LogP contribution in [-0.4, -0.2) is 28.5 Å². The molecule has 114 valence electrons. The molecule has 1 saturated carbocycles. The highest BCUT2D eigenvalue weighted by molar-refractivity contribution is 6.04. The minimum absolute atomic E-state index is 0.102. The summed E-state index contributed by atoms with van der Waals surface area (Å²) in [7, 11) is 0. The lowest BCUT2D eigenvalue weighted by Crippen LogP contribution is -2.31. The number of carbonyl (C=O) groups excluding carboxylic acids is 1. The van der Waals surface area contributed by atoms with Gasteiger partial charge in [-0.1, -0.05) is 12.1 Å². The molecule has 0 saturated heterocycles. The van der Waals surface area contributed by atoms with E-state index >= 15 is 0 Å². The van der Waals surface area contributed by atoms with Crippen molar-refractivity contribution >= 4 is 17.5 Å². The van der Waals surface area contributed by atoms with Gasteiger partial charge in [0, 0.05) is 24.5 Å². The van der Waals surface area contributed by atoms with Crippen LogP contribution >= 0.6 is 0 Å². The Labute approximate surface area is 130 Å². The van der Waals surface area contributed by atoms with Gasteiger partial charge < -0.3 is 10.2 Å². The molecular formula is C17H20N4O. The van der Waals surface area contributed by atoms with Gasteiger partial charge in [-0.25, -0.2) is 9.97 Å². The highest BCUT2D eigenvalue weighted by atomic mass is 16.2. The fourth-order valence-corrected chi connectivity index (χ4v) is 2.34. The maximum Gasteiger partial charge on any atom is 0.277 e. The van der Waals surface area contributed by atoms with E-state index in [-0.39, 0.29) is 5.91 Å². The van der Waals surface area contributed by atoms with Crippen LogP contribution in [-0.2, 0) is 0 Å². The molecular weight excluding hydrogens is 276 g/mol. The molecule has 0 spiro atoms. The zero-order chi connectivity index (χ0) is 15.5. The molecule has 1 aliphatic rings. The summed E-state index contributed by atoms with van der Waals surface area (Å²) < 4.78 is 0. The van der Waals surface area contributed by atoms with Crippen molar-refractivity contribution in [2.45, 2.75) is 32.7 Å². The van der Waals surface area contributed by atoms with E-state index in [0.29, 0.717) is 24.2 Å². The zero-order valence-corrected chi connectivity index (χ0v) is 12.9. The summed E-state index contributed by atoms with van der Waals surface area (Å²) in [4.78, 5) is 23.0. The van der Waals surface area contributed by atoms with Crippen LogP contribution in [0.15, 0.2) is 36.5 Å². The number of aromatic nitrogens is 2. The average Bonchev–Trinajstić information content (AvgIpc) is 3.32. The van der Waals surface area contributed by atoms with E-state index in [9.17, 15) is 4.79 Å². The van der Waals surface area contributed by atoms with Gasteiger partial charge in [-0.2, -0.15) is 0 Å². The molecule has 0 bridgehead atoms. The lowest BCUT2D eigenvalue weighted by atomic mass is 10.2. The van der Waals surface area contributed by atoms with Crippen LogP contribution in [0, 0.1) is 6.92 Å². The molecule has 0 aliphatic heterocycles. The Morgan fingerprint density at radius 3 is 2.86 bits per heavy atom. The minimum Gasteiger partial charge on any atom is -0.351 e. The molecule has 1 aliphatic carbocycles. The van der Waals surface area contributed by atoms with Gasteiger partial charge in [0.05, 0.1) is 0 Å². The van der Waals surface area contributed by atoms with E-state index in [2.05, 4.69) is 15.3 Å². The molecule has 3 rings (SSSR count). The normalized spacial score (nSPS) is 13.7. The molecule has 0 unspecified atom stereocenters. The molecule has 5 heteroatoms. The first-order chi connectivity index (χ1) is 10.7. The van der Waals surface area contributed by atoms with Gasteiger partial charge >= 0.3 is 0 Å². The fourth-order valence-electron chi connectivity index (χ4n) is 2.34.